The van der Waals surface area contributed by atoms with Gasteiger partial charge >= 0.3 is 0 Å². The van der Waals surface area contributed by atoms with Crippen molar-refractivity contribution >= 4 is 17.5 Å². The zero-order valence-corrected chi connectivity index (χ0v) is 12.9. The van der Waals surface area contributed by atoms with Crippen LogP contribution in [0.4, 0.5) is 0 Å². The van der Waals surface area contributed by atoms with Gasteiger partial charge in [-0.2, -0.15) is 0 Å². The smallest absolute Gasteiger partial charge is 0.251 e. The van der Waals surface area contributed by atoms with Gasteiger partial charge in [0.1, 0.15) is 0 Å². The minimum Gasteiger partial charge on any atom is -0.375 e. The van der Waals surface area contributed by atoms with Crippen LogP contribution in [0.3, 0.4) is 0 Å². The van der Waals surface area contributed by atoms with Gasteiger partial charge in [-0.3, -0.25) is 4.79 Å². The van der Waals surface area contributed by atoms with E-state index < -0.39 is 0 Å². The lowest BCUT2D eigenvalue weighted by Gasteiger charge is -2.18. The summed E-state index contributed by atoms with van der Waals surface area (Å²) in [6.07, 6.45) is -0.172. The van der Waals surface area contributed by atoms with E-state index in [4.69, 9.17) is 16.3 Å². The maximum absolute atomic E-state index is 12.1. The van der Waals surface area contributed by atoms with Gasteiger partial charge in [0.05, 0.1) is 6.10 Å². The van der Waals surface area contributed by atoms with Crippen LogP contribution in [0, 0.1) is 6.92 Å². The summed E-state index contributed by atoms with van der Waals surface area (Å²) >= 11 is 5.89. The molecule has 0 saturated carbocycles. The minimum absolute atomic E-state index is 0.159. The molecule has 0 unspecified atom stereocenters. The summed E-state index contributed by atoms with van der Waals surface area (Å²) < 4.78 is 5.49. The SMILES string of the molecule is CO[C@H](CNC(=O)c1cccc(Cl)c1)c1ccccc1C. The summed E-state index contributed by atoms with van der Waals surface area (Å²) in [5.41, 5.74) is 2.76. The Hall–Kier alpha value is -1.84. The zero-order valence-electron chi connectivity index (χ0n) is 12.1. The molecule has 1 N–H and O–H groups in total. The number of nitrogens with one attached hydrogen (secondary N) is 1. The number of hydrogen-bond donors (Lipinski definition) is 1. The number of methoxy groups -OCH3 is 1. The van der Waals surface area contributed by atoms with E-state index in [9.17, 15) is 4.79 Å². The highest BCUT2D eigenvalue weighted by molar-refractivity contribution is 6.30. The molecule has 2 aromatic rings. The molecule has 0 bridgehead atoms. The molecule has 2 aromatic carbocycles. The summed E-state index contributed by atoms with van der Waals surface area (Å²) in [5, 5.41) is 3.43. The minimum atomic E-state index is -0.172. The van der Waals surface area contributed by atoms with E-state index in [1.165, 1.54) is 0 Å². The predicted octanol–water partition coefficient (Wildman–Crippen LogP) is 3.77. The van der Waals surface area contributed by atoms with E-state index in [1.54, 1.807) is 31.4 Å². The summed E-state index contributed by atoms with van der Waals surface area (Å²) in [6.45, 7) is 2.44. The Labute approximate surface area is 129 Å². The average Bonchev–Trinajstić information content (AvgIpc) is 2.49. The molecule has 0 aliphatic carbocycles. The normalized spacial score (nSPS) is 12.0. The Morgan fingerprint density at radius 3 is 2.67 bits per heavy atom. The Bertz CT molecular complexity index is 628. The molecule has 0 radical (unpaired) electrons. The first kappa shape index (κ1) is 15.5. The van der Waals surface area contributed by atoms with Crippen LogP contribution in [0.15, 0.2) is 48.5 Å². The maximum atomic E-state index is 12.1. The molecule has 0 aliphatic rings. The largest absolute Gasteiger partial charge is 0.375 e. The van der Waals surface area contributed by atoms with E-state index in [0.717, 1.165) is 11.1 Å². The molecule has 4 heteroatoms. The van der Waals surface area contributed by atoms with Gasteiger partial charge in [0.2, 0.25) is 0 Å². The second-order valence-electron chi connectivity index (χ2n) is 4.80. The van der Waals surface area contributed by atoms with Crippen molar-refractivity contribution in [2.24, 2.45) is 0 Å². The van der Waals surface area contributed by atoms with E-state index in [1.807, 2.05) is 31.2 Å². The first-order chi connectivity index (χ1) is 10.1. The number of benzene rings is 2. The quantitative estimate of drug-likeness (QED) is 0.913. The van der Waals surface area contributed by atoms with Crippen molar-refractivity contribution in [1.82, 2.24) is 5.32 Å². The number of aryl methyl sites for hydroxylation is 1. The number of ether oxygens (including phenoxy) is 1. The molecule has 0 saturated heterocycles. The van der Waals surface area contributed by atoms with Crippen molar-refractivity contribution in [3.05, 3.63) is 70.2 Å². The highest BCUT2D eigenvalue weighted by Crippen LogP contribution is 2.20. The lowest BCUT2D eigenvalue weighted by molar-refractivity contribution is 0.0826. The third kappa shape index (κ3) is 4.06. The molecular formula is C17H18ClNO2. The lowest BCUT2D eigenvalue weighted by Crippen LogP contribution is -2.29. The number of halogens is 1. The molecule has 110 valence electrons. The van der Waals surface area contributed by atoms with E-state index in [0.29, 0.717) is 17.1 Å². The molecule has 3 nitrogen and oxygen atoms in total. The number of hydrogen-bond acceptors (Lipinski definition) is 2. The van der Waals surface area contributed by atoms with Crippen LogP contribution in [-0.4, -0.2) is 19.6 Å². The van der Waals surface area contributed by atoms with Crippen LogP contribution < -0.4 is 5.32 Å². The molecule has 2 rings (SSSR count). The maximum Gasteiger partial charge on any atom is 0.251 e. The summed E-state index contributed by atoms with van der Waals surface area (Å²) in [7, 11) is 1.64. The van der Waals surface area contributed by atoms with Gasteiger partial charge in [-0.05, 0) is 36.2 Å². The predicted molar refractivity (Wildman–Crippen MR) is 84.7 cm³/mol. The topological polar surface area (TPSA) is 38.3 Å². The third-order valence-electron chi connectivity index (χ3n) is 3.35. The molecule has 21 heavy (non-hydrogen) atoms. The van der Waals surface area contributed by atoms with Crippen LogP contribution in [-0.2, 0) is 4.74 Å². The molecular weight excluding hydrogens is 286 g/mol. The van der Waals surface area contributed by atoms with Crippen LogP contribution in [0.2, 0.25) is 5.02 Å². The monoisotopic (exact) mass is 303 g/mol. The molecule has 0 aliphatic heterocycles. The molecule has 1 amide bonds. The van der Waals surface area contributed by atoms with Crippen LogP contribution in [0.1, 0.15) is 27.6 Å². The van der Waals surface area contributed by atoms with Crippen molar-refractivity contribution in [1.29, 1.82) is 0 Å². The number of rotatable bonds is 5. The van der Waals surface area contributed by atoms with Gasteiger partial charge in [-0.15, -0.1) is 0 Å². The third-order valence-corrected chi connectivity index (χ3v) is 3.59. The Balaban J connectivity index is 2.04. The Morgan fingerprint density at radius 2 is 2.00 bits per heavy atom. The number of amides is 1. The van der Waals surface area contributed by atoms with E-state index in [2.05, 4.69) is 5.32 Å². The molecule has 0 spiro atoms. The second-order valence-corrected chi connectivity index (χ2v) is 5.24. The van der Waals surface area contributed by atoms with Gasteiger partial charge in [-0.1, -0.05) is 41.9 Å². The lowest BCUT2D eigenvalue weighted by atomic mass is 10.0. The summed E-state index contributed by atoms with van der Waals surface area (Å²) in [5.74, 6) is -0.159. The van der Waals surface area contributed by atoms with Crippen molar-refractivity contribution in [2.75, 3.05) is 13.7 Å². The van der Waals surface area contributed by atoms with Gasteiger partial charge in [0, 0.05) is 24.2 Å². The van der Waals surface area contributed by atoms with Gasteiger partial charge in [0.15, 0.2) is 0 Å². The fourth-order valence-electron chi connectivity index (χ4n) is 2.19. The highest BCUT2D eigenvalue weighted by Gasteiger charge is 2.14. The zero-order chi connectivity index (χ0) is 15.2. The van der Waals surface area contributed by atoms with E-state index >= 15 is 0 Å². The van der Waals surface area contributed by atoms with Crippen LogP contribution in [0.5, 0.6) is 0 Å². The first-order valence-electron chi connectivity index (χ1n) is 6.74. The van der Waals surface area contributed by atoms with Gasteiger partial charge < -0.3 is 10.1 Å². The molecule has 0 fully saturated rings. The van der Waals surface area contributed by atoms with Crippen molar-refractivity contribution in [3.63, 3.8) is 0 Å². The summed E-state index contributed by atoms with van der Waals surface area (Å²) in [6, 6.07) is 14.9. The molecule has 1 atom stereocenters. The highest BCUT2D eigenvalue weighted by atomic mass is 35.5. The van der Waals surface area contributed by atoms with Crippen molar-refractivity contribution < 1.29 is 9.53 Å². The average molecular weight is 304 g/mol. The standard InChI is InChI=1S/C17H18ClNO2/c1-12-6-3-4-9-15(12)16(21-2)11-19-17(20)13-7-5-8-14(18)10-13/h3-10,16H,11H2,1-2H3,(H,19,20)/t16-/m1/s1. The molecule has 0 aromatic heterocycles. The second kappa shape index (κ2) is 7.25. The first-order valence-corrected chi connectivity index (χ1v) is 7.11. The Kier molecular flexibility index (Phi) is 5.37. The van der Waals surface area contributed by atoms with Crippen molar-refractivity contribution in [2.45, 2.75) is 13.0 Å². The Morgan fingerprint density at radius 1 is 1.24 bits per heavy atom. The van der Waals surface area contributed by atoms with Gasteiger partial charge in [-0.25, -0.2) is 0 Å². The fourth-order valence-corrected chi connectivity index (χ4v) is 2.38. The summed E-state index contributed by atoms with van der Waals surface area (Å²) in [4.78, 5) is 12.1. The van der Waals surface area contributed by atoms with E-state index in [-0.39, 0.29) is 12.0 Å². The van der Waals surface area contributed by atoms with Crippen LogP contribution >= 0.6 is 11.6 Å². The number of carbonyl (C=O) groups is 1. The van der Waals surface area contributed by atoms with Crippen molar-refractivity contribution in [3.8, 4) is 0 Å². The number of carbonyl (C=O) groups excluding carboxylic acids is 1. The van der Waals surface area contributed by atoms with Crippen LogP contribution in [0.25, 0.3) is 0 Å². The van der Waals surface area contributed by atoms with Gasteiger partial charge in [0.25, 0.3) is 5.91 Å². The fraction of sp³-hybridized carbons (Fsp3) is 0.235. The molecule has 0 heterocycles.